The maximum atomic E-state index is 13.1. The zero-order valence-electron chi connectivity index (χ0n) is 13.6. The summed E-state index contributed by atoms with van der Waals surface area (Å²) in [5.74, 6) is 0.339. The molecular formula is C20H14FNO2S2. The van der Waals surface area contributed by atoms with Crippen LogP contribution in [-0.4, -0.2) is 5.91 Å². The van der Waals surface area contributed by atoms with E-state index in [-0.39, 0.29) is 11.7 Å². The average molecular weight is 383 g/mol. The fourth-order valence-corrected chi connectivity index (χ4v) is 4.55. The summed E-state index contributed by atoms with van der Waals surface area (Å²) >= 11 is 3.01. The van der Waals surface area contributed by atoms with Gasteiger partial charge in [0.2, 0.25) is 0 Å². The lowest BCUT2D eigenvalue weighted by molar-refractivity contribution is 0.0952. The maximum absolute atomic E-state index is 13.1. The molecule has 0 aliphatic heterocycles. The molecule has 0 aliphatic rings. The van der Waals surface area contributed by atoms with Gasteiger partial charge in [0.1, 0.15) is 11.6 Å². The SMILES string of the molecule is O=C(NCc1ccco1)c1cc2c(Sc3ccc(F)cc3)cccc2s1. The summed E-state index contributed by atoms with van der Waals surface area (Å²) < 4.78 is 19.4. The lowest BCUT2D eigenvalue weighted by atomic mass is 10.2. The molecule has 4 rings (SSSR count). The van der Waals surface area contributed by atoms with E-state index in [0.29, 0.717) is 17.2 Å². The molecule has 0 saturated carbocycles. The molecule has 6 heteroatoms. The van der Waals surface area contributed by atoms with Gasteiger partial charge in [0.25, 0.3) is 5.91 Å². The van der Waals surface area contributed by atoms with Gasteiger partial charge in [-0.15, -0.1) is 11.3 Å². The molecule has 2 aromatic carbocycles. The second kappa shape index (κ2) is 7.35. The van der Waals surface area contributed by atoms with Crippen LogP contribution in [0.25, 0.3) is 10.1 Å². The fraction of sp³-hybridized carbons (Fsp3) is 0.0500. The topological polar surface area (TPSA) is 42.2 Å². The second-order valence-electron chi connectivity index (χ2n) is 5.60. The molecule has 2 heterocycles. The number of thiophene rings is 1. The van der Waals surface area contributed by atoms with Gasteiger partial charge in [-0.05, 0) is 54.6 Å². The minimum absolute atomic E-state index is 0.125. The van der Waals surface area contributed by atoms with Gasteiger partial charge >= 0.3 is 0 Å². The number of carbonyl (C=O) groups is 1. The van der Waals surface area contributed by atoms with Crippen LogP contribution < -0.4 is 5.32 Å². The van der Waals surface area contributed by atoms with Crippen molar-refractivity contribution >= 4 is 39.1 Å². The van der Waals surface area contributed by atoms with E-state index in [1.165, 1.54) is 23.5 Å². The predicted molar refractivity (Wildman–Crippen MR) is 102 cm³/mol. The quantitative estimate of drug-likeness (QED) is 0.480. The Bertz CT molecular complexity index is 1040. The van der Waals surface area contributed by atoms with Crippen molar-refractivity contribution in [1.29, 1.82) is 0 Å². The third kappa shape index (κ3) is 3.66. The van der Waals surface area contributed by atoms with Crippen LogP contribution in [-0.2, 0) is 6.54 Å². The molecular weight excluding hydrogens is 369 g/mol. The van der Waals surface area contributed by atoms with E-state index >= 15 is 0 Å². The minimum Gasteiger partial charge on any atom is -0.467 e. The molecule has 26 heavy (non-hydrogen) atoms. The summed E-state index contributed by atoms with van der Waals surface area (Å²) in [6, 6.07) is 17.9. The summed E-state index contributed by atoms with van der Waals surface area (Å²) in [4.78, 5) is 15.1. The van der Waals surface area contributed by atoms with E-state index in [0.717, 1.165) is 19.9 Å². The molecule has 2 aromatic heterocycles. The number of rotatable bonds is 5. The van der Waals surface area contributed by atoms with Gasteiger partial charge in [-0.3, -0.25) is 4.79 Å². The molecule has 0 bridgehead atoms. The molecule has 130 valence electrons. The van der Waals surface area contributed by atoms with Crippen molar-refractivity contribution in [2.24, 2.45) is 0 Å². The highest BCUT2D eigenvalue weighted by Crippen LogP contribution is 2.37. The number of hydrogen-bond donors (Lipinski definition) is 1. The van der Waals surface area contributed by atoms with Gasteiger partial charge in [-0.1, -0.05) is 17.8 Å². The first-order valence-corrected chi connectivity index (χ1v) is 9.59. The standard InChI is InChI=1S/C20H14FNO2S2/c21-13-6-8-15(9-7-13)25-17-4-1-5-18-16(17)11-19(26-18)20(23)22-12-14-3-2-10-24-14/h1-11H,12H2,(H,22,23). The van der Waals surface area contributed by atoms with Gasteiger partial charge in [0.15, 0.2) is 0 Å². The van der Waals surface area contributed by atoms with Crippen LogP contribution in [0, 0.1) is 5.82 Å². The Morgan fingerprint density at radius 2 is 1.96 bits per heavy atom. The molecule has 0 unspecified atom stereocenters. The summed E-state index contributed by atoms with van der Waals surface area (Å²) in [7, 11) is 0. The lowest BCUT2D eigenvalue weighted by Crippen LogP contribution is -2.21. The number of nitrogens with one attached hydrogen (secondary N) is 1. The maximum Gasteiger partial charge on any atom is 0.261 e. The van der Waals surface area contributed by atoms with Crippen molar-refractivity contribution in [2.75, 3.05) is 0 Å². The normalized spacial score (nSPS) is 11.0. The Balaban J connectivity index is 1.56. The number of furan rings is 1. The molecule has 0 radical (unpaired) electrons. The van der Waals surface area contributed by atoms with Crippen molar-refractivity contribution in [2.45, 2.75) is 16.3 Å². The number of amides is 1. The van der Waals surface area contributed by atoms with Gasteiger partial charge in [0, 0.05) is 19.9 Å². The highest BCUT2D eigenvalue weighted by molar-refractivity contribution is 7.99. The molecule has 0 saturated heterocycles. The Hall–Kier alpha value is -2.57. The summed E-state index contributed by atoms with van der Waals surface area (Å²) in [6.45, 7) is 0.358. The van der Waals surface area contributed by atoms with Gasteiger partial charge < -0.3 is 9.73 Å². The van der Waals surface area contributed by atoms with Crippen LogP contribution in [0.5, 0.6) is 0 Å². The molecule has 4 aromatic rings. The number of halogens is 1. The zero-order chi connectivity index (χ0) is 17.9. The summed E-state index contributed by atoms with van der Waals surface area (Å²) in [5.41, 5.74) is 0. The van der Waals surface area contributed by atoms with Crippen molar-refractivity contribution in [1.82, 2.24) is 5.32 Å². The van der Waals surface area contributed by atoms with Gasteiger partial charge in [-0.2, -0.15) is 0 Å². The van der Waals surface area contributed by atoms with E-state index in [4.69, 9.17) is 4.42 Å². The Labute approximate surface area is 157 Å². The summed E-state index contributed by atoms with van der Waals surface area (Å²) in [6.07, 6.45) is 1.58. The minimum atomic E-state index is -0.251. The smallest absolute Gasteiger partial charge is 0.261 e. The highest BCUT2D eigenvalue weighted by atomic mass is 32.2. The lowest BCUT2D eigenvalue weighted by Gasteiger charge is -2.03. The molecule has 1 amide bonds. The number of fused-ring (bicyclic) bond motifs is 1. The highest BCUT2D eigenvalue weighted by Gasteiger charge is 2.13. The summed E-state index contributed by atoms with van der Waals surface area (Å²) in [5, 5.41) is 3.89. The van der Waals surface area contributed by atoms with Gasteiger partial charge in [0.05, 0.1) is 17.7 Å². The van der Waals surface area contributed by atoms with E-state index in [1.54, 1.807) is 36.2 Å². The third-order valence-corrected chi connectivity index (χ3v) is 5.97. The first-order valence-electron chi connectivity index (χ1n) is 7.95. The zero-order valence-corrected chi connectivity index (χ0v) is 15.2. The van der Waals surface area contributed by atoms with Crippen molar-refractivity contribution in [3.63, 3.8) is 0 Å². The van der Waals surface area contributed by atoms with Crippen LogP contribution in [0.1, 0.15) is 15.4 Å². The van der Waals surface area contributed by atoms with E-state index in [1.807, 2.05) is 30.3 Å². The molecule has 3 nitrogen and oxygen atoms in total. The molecule has 0 spiro atoms. The van der Waals surface area contributed by atoms with Crippen molar-refractivity contribution in [3.05, 3.63) is 83.4 Å². The van der Waals surface area contributed by atoms with E-state index in [9.17, 15) is 9.18 Å². The van der Waals surface area contributed by atoms with Crippen LogP contribution in [0.2, 0.25) is 0 Å². The first kappa shape index (κ1) is 16.9. The third-order valence-electron chi connectivity index (χ3n) is 3.79. The number of hydrogen-bond acceptors (Lipinski definition) is 4. The Kier molecular flexibility index (Phi) is 4.77. The first-order chi connectivity index (χ1) is 12.7. The predicted octanol–water partition coefficient (Wildman–Crippen LogP) is 5.71. The van der Waals surface area contributed by atoms with Crippen molar-refractivity contribution in [3.8, 4) is 0 Å². The molecule has 1 N–H and O–H groups in total. The molecule has 0 aliphatic carbocycles. The second-order valence-corrected chi connectivity index (χ2v) is 7.80. The molecule has 0 atom stereocenters. The average Bonchev–Trinajstić information content (AvgIpc) is 3.31. The van der Waals surface area contributed by atoms with Crippen molar-refractivity contribution < 1.29 is 13.6 Å². The molecule has 0 fully saturated rings. The van der Waals surface area contributed by atoms with Crippen LogP contribution >= 0.6 is 23.1 Å². The largest absolute Gasteiger partial charge is 0.467 e. The van der Waals surface area contributed by atoms with Crippen LogP contribution in [0.15, 0.2) is 81.1 Å². The Morgan fingerprint density at radius 3 is 2.73 bits per heavy atom. The number of benzene rings is 2. The Morgan fingerprint density at radius 1 is 1.12 bits per heavy atom. The van der Waals surface area contributed by atoms with Crippen LogP contribution in [0.3, 0.4) is 0 Å². The fourth-order valence-electron chi connectivity index (χ4n) is 2.53. The monoisotopic (exact) mass is 383 g/mol. The number of carbonyl (C=O) groups excluding carboxylic acids is 1. The van der Waals surface area contributed by atoms with Crippen LogP contribution in [0.4, 0.5) is 4.39 Å². The van der Waals surface area contributed by atoms with Gasteiger partial charge in [-0.25, -0.2) is 4.39 Å². The van der Waals surface area contributed by atoms with E-state index < -0.39 is 0 Å². The van der Waals surface area contributed by atoms with E-state index in [2.05, 4.69) is 5.32 Å².